The van der Waals surface area contributed by atoms with E-state index in [1.54, 1.807) is 13.8 Å². The van der Waals surface area contributed by atoms with Crippen LogP contribution in [0.25, 0.3) is 0 Å². The molecule has 0 saturated carbocycles. The van der Waals surface area contributed by atoms with Crippen LogP contribution in [0.4, 0.5) is 4.79 Å². The Balaban J connectivity index is 1.89. The second kappa shape index (κ2) is 16.9. The van der Waals surface area contributed by atoms with Crippen LogP contribution in [0.2, 0.25) is 0 Å². The van der Waals surface area contributed by atoms with E-state index in [0.29, 0.717) is 13.0 Å². The molecule has 0 bridgehead atoms. The van der Waals surface area contributed by atoms with Gasteiger partial charge in [-0.1, -0.05) is 0 Å². The molecule has 0 aromatic heterocycles. The minimum absolute atomic E-state index is 0.0354. The fraction of sp³-hybridized carbons (Fsp3) is 0.769. The Kier molecular flexibility index (Phi) is 14.0. The van der Waals surface area contributed by atoms with Crippen LogP contribution in [0.5, 0.6) is 0 Å². The van der Waals surface area contributed by atoms with Crippen LogP contribution >= 0.6 is 0 Å². The molecule has 17 nitrogen and oxygen atoms in total. The average molecular weight is 620 g/mol. The van der Waals surface area contributed by atoms with E-state index in [9.17, 15) is 28.8 Å². The first-order chi connectivity index (χ1) is 20.2. The van der Waals surface area contributed by atoms with Crippen LogP contribution in [-0.4, -0.2) is 118 Å². The zero-order chi connectivity index (χ0) is 32.2. The summed E-state index contributed by atoms with van der Waals surface area (Å²) in [5.74, 6) is -3.99. The molecule has 43 heavy (non-hydrogen) atoms. The van der Waals surface area contributed by atoms with Crippen LogP contribution in [0.1, 0.15) is 48.0 Å². The van der Waals surface area contributed by atoms with Gasteiger partial charge in [0.2, 0.25) is 11.8 Å². The molecule has 2 aliphatic heterocycles. The molecule has 0 aliphatic carbocycles. The van der Waals surface area contributed by atoms with Crippen LogP contribution < -0.4 is 16.0 Å². The van der Waals surface area contributed by atoms with Crippen molar-refractivity contribution in [3.63, 3.8) is 0 Å². The number of rotatable bonds is 14. The summed E-state index contributed by atoms with van der Waals surface area (Å²) in [4.78, 5) is 71.4. The van der Waals surface area contributed by atoms with Gasteiger partial charge in [0, 0.05) is 40.8 Å². The van der Waals surface area contributed by atoms with E-state index in [1.807, 2.05) is 0 Å². The van der Waals surface area contributed by atoms with Crippen LogP contribution in [0.15, 0.2) is 0 Å². The van der Waals surface area contributed by atoms with Gasteiger partial charge in [0.15, 0.2) is 24.3 Å². The van der Waals surface area contributed by atoms with Gasteiger partial charge in [-0.05, 0) is 20.3 Å². The molecule has 0 spiro atoms. The molecular formula is C26H41N3O14. The molecule has 3 amide bonds. The molecular weight excluding hydrogens is 578 g/mol. The number of amides is 3. The summed E-state index contributed by atoms with van der Waals surface area (Å²) < 4.78 is 43.2. The molecule has 2 saturated heterocycles. The van der Waals surface area contributed by atoms with E-state index < -0.39 is 85.5 Å². The Morgan fingerprint density at radius 1 is 0.837 bits per heavy atom. The number of hydrogen-bond acceptors (Lipinski definition) is 14. The van der Waals surface area contributed by atoms with Crippen molar-refractivity contribution < 1.29 is 66.7 Å². The number of nitrogens with one attached hydrogen (secondary N) is 3. The van der Waals surface area contributed by atoms with Gasteiger partial charge >= 0.3 is 24.0 Å². The largest absolute Gasteiger partial charge is 0.463 e. The monoisotopic (exact) mass is 619 g/mol. The fourth-order valence-corrected chi connectivity index (χ4v) is 4.21. The third kappa shape index (κ3) is 13.1. The number of alkyl carbamates (subject to hydrolysis) is 1. The van der Waals surface area contributed by atoms with Crippen molar-refractivity contribution in [1.29, 1.82) is 0 Å². The first kappa shape index (κ1) is 35.7. The standard InChI is InChI=1S/C26H41N3O14/c1-14(30)29-21-23(41-17(4)33)22(40-16(3)32)19(12-36-15(2)31)42-24(21)37-13-20(34)27-8-7-9-28-25(35)38-10-18-11-39-26(5,6)43-18/h18-19,21-24H,7-13H2,1-6H3,(H,27,34)(H,28,35)(H,29,30)/t18?,19?,21-,22?,23?,24?/m1/s1. The molecule has 0 radical (unpaired) electrons. The average Bonchev–Trinajstić information content (AvgIpc) is 3.25. The maximum atomic E-state index is 12.4. The molecule has 6 atom stereocenters. The van der Waals surface area contributed by atoms with Crippen LogP contribution in [-0.2, 0) is 61.9 Å². The summed E-state index contributed by atoms with van der Waals surface area (Å²) in [5.41, 5.74) is 0. The van der Waals surface area contributed by atoms with Crippen molar-refractivity contribution in [3.8, 4) is 0 Å². The zero-order valence-electron chi connectivity index (χ0n) is 25.1. The van der Waals surface area contributed by atoms with Crippen molar-refractivity contribution in [3.05, 3.63) is 0 Å². The van der Waals surface area contributed by atoms with E-state index in [4.69, 9.17) is 37.9 Å². The zero-order valence-corrected chi connectivity index (χ0v) is 25.1. The van der Waals surface area contributed by atoms with Gasteiger partial charge in [0.05, 0.1) is 6.61 Å². The normalized spacial score (nSPS) is 26.0. The molecule has 0 aromatic rings. The van der Waals surface area contributed by atoms with Gasteiger partial charge in [-0.25, -0.2) is 4.79 Å². The highest BCUT2D eigenvalue weighted by Gasteiger charge is 2.51. The van der Waals surface area contributed by atoms with E-state index in [0.717, 1.165) is 20.8 Å². The third-order valence-corrected chi connectivity index (χ3v) is 5.86. The second-order valence-electron chi connectivity index (χ2n) is 10.2. The molecule has 2 fully saturated rings. The second-order valence-corrected chi connectivity index (χ2v) is 10.2. The van der Waals surface area contributed by atoms with E-state index in [2.05, 4.69) is 16.0 Å². The highest BCUT2D eigenvalue weighted by atomic mass is 16.8. The van der Waals surface area contributed by atoms with Crippen LogP contribution in [0.3, 0.4) is 0 Å². The Hall–Kier alpha value is -3.54. The molecule has 2 rings (SSSR count). The molecule has 2 heterocycles. The van der Waals surface area contributed by atoms with Crippen molar-refractivity contribution in [2.75, 3.05) is 39.5 Å². The van der Waals surface area contributed by atoms with E-state index >= 15 is 0 Å². The van der Waals surface area contributed by atoms with Gasteiger partial charge in [-0.2, -0.15) is 0 Å². The lowest BCUT2D eigenvalue weighted by atomic mass is 9.96. The predicted octanol–water partition coefficient (Wildman–Crippen LogP) is -0.957. The maximum absolute atomic E-state index is 12.4. The Bertz CT molecular complexity index is 1010. The minimum Gasteiger partial charge on any atom is -0.463 e. The highest BCUT2D eigenvalue weighted by Crippen LogP contribution is 2.28. The first-order valence-corrected chi connectivity index (χ1v) is 13.7. The summed E-state index contributed by atoms with van der Waals surface area (Å²) in [6.07, 6.45) is -5.75. The van der Waals surface area contributed by atoms with Gasteiger partial charge in [-0.15, -0.1) is 0 Å². The van der Waals surface area contributed by atoms with Crippen molar-refractivity contribution in [2.24, 2.45) is 0 Å². The summed E-state index contributed by atoms with van der Waals surface area (Å²) in [5, 5.41) is 7.70. The maximum Gasteiger partial charge on any atom is 0.407 e. The Morgan fingerprint density at radius 2 is 1.49 bits per heavy atom. The Morgan fingerprint density at radius 3 is 2.07 bits per heavy atom. The van der Waals surface area contributed by atoms with Gasteiger partial charge in [0.25, 0.3) is 0 Å². The molecule has 0 aromatic carbocycles. The number of carbonyl (C=O) groups excluding carboxylic acids is 6. The highest BCUT2D eigenvalue weighted by molar-refractivity contribution is 5.77. The van der Waals surface area contributed by atoms with Gasteiger partial charge in [-0.3, -0.25) is 24.0 Å². The van der Waals surface area contributed by atoms with Crippen molar-refractivity contribution >= 4 is 35.8 Å². The summed E-state index contributed by atoms with van der Waals surface area (Å²) >= 11 is 0. The predicted molar refractivity (Wildman–Crippen MR) is 142 cm³/mol. The summed E-state index contributed by atoms with van der Waals surface area (Å²) in [6, 6.07) is -1.20. The quantitative estimate of drug-likeness (QED) is 0.121. The topological polar surface area (TPSA) is 212 Å². The number of carbonyl (C=O) groups is 6. The SMILES string of the molecule is CC(=O)N[C@H]1C(OCC(=O)NCCCNC(=O)OCC2COC(C)(C)O2)OC(COC(C)=O)C(OC(C)=O)C1OC(C)=O. The molecule has 2 aliphatic rings. The number of esters is 3. The fourth-order valence-electron chi connectivity index (χ4n) is 4.21. The lowest BCUT2D eigenvalue weighted by Crippen LogP contribution is -2.66. The Labute approximate surface area is 248 Å². The van der Waals surface area contributed by atoms with E-state index in [-0.39, 0.29) is 25.8 Å². The first-order valence-electron chi connectivity index (χ1n) is 13.7. The summed E-state index contributed by atoms with van der Waals surface area (Å²) in [6.45, 7) is 7.91. The van der Waals surface area contributed by atoms with E-state index in [1.165, 1.54) is 6.92 Å². The summed E-state index contributed by atoms with van der Waals surface area (Å²) in [7, 11) is 0. The van der Waals surface area contributed by atoms with Crippen LogP contribution in [0, 0.1) is 0 Å². The number of ether oxygens (including phenoxy) is 8. The third-order valence-electron chi connectivity index (χ3n) is 5.86. The molecule has 244 valence electrons. The smallest absolute Gasteiger partial charge is 0.407 e. The van der Waals surface area contributed by atoms with Crippen molar-refractivity contribution in [2.45, 2.75) is 90.5 Å². The molecule has 17 heteroatoms. The lowest BCUT2D eigenvalue weighted by Gasteiger charge is -2.44. The molecule has 5 unspecified atom stereocenters. The van der Waals surface area contributed by atoms with Gasteiger partial charge in [0.1, 0.15) is 38.1 Å². The molecule has 3 N–H and O–H groups in total. The van der Waals surface area contributed by atoms with Gasteiger partial charge < -0.3 is 53.8 Å². The van der Waals surface area contributed by atoms with Crippen molar-refractivity contribution in [1.82, 2.24) is 16.0 Å². The lowest BCUT2D eigenvalue weighted by molar-refractivity contribution is -0.276. The minimum atomic E-state index is -1.37. The number of hydrogen-bond donors (Lipinski definition) is 3.